The molecule has 0 saturated carbocycles. The lowest BCUT2D eigenvalue weighted by molar-refractivity contribution is -0.136. The number of aldehydes is 3. The molecule has 73 heavy (non-hydrogen) atoms. The molecular formula is C54H67F3N10O6. The van der Waals surface area contributed by atoms with Crippen molar-refractivity contribution >= 4 is 42.2 Å². The number of alkyl halides is 3. The smallest absolute Gasteiger partial charge is 0.387 e. The number of nitrogens with zero attached hydrogens (tertiary/aromatic N) is 7. The maximum Gasteiger partial charge on any atom is 0.418 e. The van der Waals surface area contributed by atoms with Gasteiger partial charge in [0.25, 0.3) is 0 Å². The fourth-order valence-corrected chi connectivity index (χ4v) is 9.85. The van der Waals surface area contributed by atoms with Crippen LogP contribution in [0, 0.1) is 5.41 Å². The van der Waals surface area contributed by atoms with Gasteiger partial charge in [-0.15, -0.1) is 0 Å². The number of pyridine rings is 1. The summed E-state index contributed by atoms with van der Waals surface area (Å²) in [5.74, 6) is 0.261. The molecule has 390 valence electrons. The number of hydrogen-bond donors (Lipinski definition) is 3. The van der Waals surface area contributed by atoms with Crippen molar-refractivity contribution in [1.29, 1.82) is 5.41 Å². The van der Waals surface area contributed by atoms with Crippen LogP contribution in [0.3, 0.4) is 0 Å². The third kappa shape index (κ3) is 13.6. The van der Waals surface area contributed by atoms with Gasteiger partial charge in [-0.2, -0.15) is 13.2 Å². The van der Waals surface area contributed by atoms with Gasteiger partial charge in [0.05, 0.1) is 48.7 Å². The van der Waals surface area contributed by atoms with Crippen molar-refractivity contribution in [2.75, 3.05) is 78.5 Å². The van der Waals surface area contributed by atoms with Crippen LogP contribution >= 0.6 is 0 Å². The number of aliphatic imine (C=N–C) groups is 1. The number of aromatic nitrogens is 2. The Morgan fingerprint density at radius 1 is 0.918 bits per heavy atom. The largest absolute Gasteiger partial charge is 0.418 e. The third-order valence-electron chi connectivity index (χ3n) is 13.9. The van der Waals surface area contributed by atoms with Gasteiger partial charge in [0.15, 0.2) is 0 Å². The zero-order valence-electron chi connectivity index (χ0n) is 41.9. The number of likely N-dealkylation sites (N-methyl/N-ethyl adjacent to an activating group) is 1. The van der Waals surface area contributed by atoms with Crippen LogP contribution in [0.5, 0.6) is 0 Å². The van der Waals surface area contributed by atoms with Gasteiger partial charge in [0, 0.05) is 101 Å². The Balaban J connectivity index is 0.00000254. The number of piperidine rings is 1. The predicted molar refractivity (Wildman–Crippen MR) is 276 cm³/mol. The number of likely N-dealkylation sites (tertiary alicyclic amines) is 1. The maximum atomic E-state index is 14.6. The molecule has 1 unspecified atom stereocenters. The van der Waals surface area contributed by atoms with Crippen molar-refractivity contribution in [2.45, 2.75) is 82.1 Å². The zero-order valence-corrected chi connectivity index (χ0v) is 41.9. The quantitative estimate of drug-likeness (QED) is 0.0453. The average molecular weight is 1010 g/mol. The summed E-state index contributed by atoms with van der Waals surface area (Å²) in [6.07, 6.45) is 3.94. The second kappa shape index (κ2) is 25.1. The predicted octanol–water partition coefficient (Wildman–Crippen LogP) is 5.86. The Labute approximate surface area is 424 Å². The van der Waals surface area contributed by atoms with E-state index in [9.17, 15) is 32.3 Å². The van der Waals surface area contributed by atoms with Crippen LogP contribution in [-0.4, -0.2) is 140 Å². The topological polar surface area (TPSA) is 183 Å². The van der Waals surface area contributed by atoms with E-state index in [1.165, 1.54) is 22.5 Å². The first-order valence-corrected chi connectivity index (χ1v) is 24.7. The molecule has 3 fully saturated rings. The number of carbonyl (C=O) groups excluding carboxylic acids is 3. The molecule has 3 aliphatic heterocycles. The van der Waals surface area contributed by atoms with E-state index in [0.717, 1.165) is 104 Å². The van der Waals surface area contributed by atoms with Crippen LogP contribution in [0.15, 0.2) is 95.0 Å². The fourth-order valence-electron chi connectivity index (χ4n) is 9.85. The lowest BCUT2D eigenvalue weighted by atomic mass is 9.75. The molecule has 3 saturated heterocycles. The summed E-state index contributed by atoms with van der Waals surface area (Å²) >= 11 is 0. The summed E-state index contributed by atoms with van der Waals surface area (Å²) in [6, 6.07) is 22.1. The molecule has 4 N–H and O–H groups in total. The fraction of sp³-hybridized carbons (Fsp3) is 0.444. The molecular weight excluding hydrogens is 942 g/mol. The Morgan fingerprint density at radius 2 is 1.60 bits per heavy atom. The number of halogens is 3. The normalized spacial score (nSPS) is 17.2. The summed E-state index contributed by atoms with van der Waals surface area (Å²) < 4.78 is 58.0. The number of anilines is 1. The standard InChI is InChI=1S/C52H60F3N9O6.C2H7N/c1-59(45(32-67)6-3-21-65)29-41-23-43(12-11-40(41)31-66)62-19-17-61(18-20-62)26-37-7-9-38(10-8-37)33-70-46-13-15-60(16-14-46)27-39-22-47(52(53,54)55)48-30-63(50(68)64(48)28-39)44-5-2-4-42(24-44)51(34-69-35-51)25-49(57)58-36-56;1-3-2/h2,4-5,7-12,21-24,28,30-32,36,45-46H,3,6,13-20,25-27,29,33-35H2,1H3,(H3,56,57,58);3H,1-2H3. The van der Waals surface area contributed by atoms with Crippen molar-refractivity contribution in [2.24, 2.45) is 10.7 Å². The van der Waals surface area contributed by atoms with E-state index in [-0.39, 0.29) is 24.0 Å². The second-order valence-corrected chi connectivity index (χ2v) is 19.3. The molecule has 0 radical (unpaired) electrons. The highest BCUT2D eigenvalue weighted by atomic mass is 19.4. The molecule has 5 aromatic rings. The van der Waals surface area contributed by atoms with Crippen molar-refractivity contribution in [3.8, 4) is 5.69 Å². The minimum atomic E-state index is -4.70. The van der Waals surface area contributed by atoms with Crippen LogP contribution in [0.4, 0.5) is 18.9 Å². The molecule has 0 amide bonds. The van der Waals surface area contributed by atoms with Crippen LogP contribution < -0.4 is 21.6 Å². The van der Waals surface area contributed by atoms with Gasteiger partial charge in [-0.25, -0.2) is 9.79 Å². The second-order valence-electron chi connectivity index (χ2n) is 19.3. The molecule has 0 bridgehead atoms. The lowest BCUT2D eigenvalue weighted by Gasteiger charge is -2.42. The SMILES string of the molecule is CN(Cc1cc(N2CCN(Cc3ccc(COC4CCN(Cc5cc(C(F)(F)F)c6cn(-c7cccc(C8(CC(N)=NC=N)COC8)c7)c(=O)n6c5)CC4)cc3)CC2)ccc1C=O)C(C=O)CCC=O.CNC. The summed E-state index contributed by atoms with van der Waals surface area (Å²) in [7, 11) is 5.58. The molecule has 0 aliphatic carbocycles. The van der Waals surface area contributed by atoms with Gasteiger partial charge in [0.2, 0.25) is 0 Å². The van der Waals surface area contributed by atoms with Crippen molar-refractivity contribution in [1.82, 2.24) is 29.0 Å². The number of imidazole rings is 1. The van der Waals surface area contributed by atoms with E-state index in [2.05, 4.69) is 49.3 Å². The van der Waals surface area contributed by atoms with Gasteiger partial charge in [-0.3, -0.25) is 33.9 Å². The minimum Gasteiger partial charge on any atom is -0.387 e. The van der Waals surface area contributed by atoms with E-state index in [4.69, 9.17) is 20.6 Å². The van der Waals surface area contributed by atoms with Crippen molar-refractivity contribution < 1.29 is 37.0 Å². The summed E-state index contributed by atoms with van der Waals surface area (Å²) in [4.78, 5) is 60.8. The summed E-state index contributed by atoms with van der Waals surface area (Å²) in [6.45, 7) is 7.28. The molecule has 2 aromatic heterocycles. The summed E-state index contributed by atoms with van der Waals surface area (Å²) in [5.41, 5.74) is 10.1. The molecule has 16 nitrogen and oxygen atoms in total. The van der Waals surface area contributed by atoms with Gasteiger partial charge in [0.1, 0.15) is 31.0 Å². The first-order valence-electron chi connectivity index (χ1n) is 24.7. The number of piperazine rings is 1. The van der Waals surface area contributed by atoms with E-state index in [0.29, 0.717) is 75.5 Å². The first-order chi connectivity index (χ1) is 35.2. The van der Waals surface area contributed by atoms with Crippen LogP contribution in [0.1, 0.15) is 75.8 Å². The molecule has 1 atom stereocenters. The number of amidine groups is 1. The minimum absolute atomic E-state index is 0.00604. The lowest BCUT2D eigenvalue weighted by Crippen LogP contribution is -2.49. The monoisotopic (exact) mass is 1010 g/mol. The molecule has 3 aromatic carbocycles. The Morgan fingerprint density at radius 3 is 2.23 bits per heavy atom. The number of nitrogens with two attached hydrogens (primary N) is 1. The Hall–Kier alpha value is -6.35. The number of ether oxygens (including phenoxy) is 2. The number of carbonyl (C=O) groups is 3. The van der Waals surface area contributed by atoms with E-state index in [1.807, 2.05) is 50.3 Å². The highest BCUT2D eigenvalue weighted by Gasteiger charge is 2.41. The number of hydrogen-bond acceptors (Lipinski definition) is 12. The molecule has 0 spiro atoms. The van der Waals surface area contributed by atoms with Gasteiger partial charge in [-0.1, -0.05) is 36.4 Å². The first kappa shape index (κ1) is 54.4. The maximum absolute atomic E-state index is 14.6. The summed E-state index contributed by atoms with van der Waals surface area (Å²) in [5, 5.41) is 10.0. The Kier molecular flexibility index (Phi) is 18.7. The van der Waals surface area contributed by atoms with Crippen LogP contribution in [-0.2, 0) is 56.9 Å². The number of nitrogens with one attached hydrogen (secondary N) is 2. The van der Waals surface area contributed by atoms with Gasteiger partial charge < -0.3 is 35.0 Å². The molecule has 8 rings (SSSR count). The van der Waals surface area contributed by atoms with Crippen LogP contribution in [0.2, 0.25) is 0 Å². The van der Waals surface area contributed by atoms with E-state index >= 15 is 0 Å². The molecule has 5 heterocycles. The van der Waals surface area contributed by atoms with Gasteiger partial charge in [-0.05, 0) is 105 Å². The average Bonchev–Trinajstić information content (AvgIpc) is 3.70. The highest BCUT2D eigenvalue weighted by Crippen LogP contribution is 2.38. The van der Waals surface area contributed by atoms with E-state index < -0.39 is 28.9 Å². The number of benzene rings is 3. The van der Waals surface area contributed by atoms with Crippen LogP contribution in [0.25, 0.3) is 11.2 Å². The Bertz CT molecular complexity index is 2760. The van der Waals surface area contributed by atoms with Gasteiger partial charge >= 0.3 is 11.9 Å². The van der Waals surface area contributed by atoms with E-state index in [1.54, 1.807) is 18.2 Å². The zero-order chi connectivity index (χ0) is 52.1. The highest BCUT2D eigenvalue weighted by molar-refractivity contribution is 5.88. The van der Waals surface area contributed by atoms with Crippen molar-refractivity contribution in [3.63, 3.8) is 0 Å². The molecule has 19 heteroatoms. The number of fused-ring (bicyclic) bond motifs is 1. The molecule has 3 aliphatic rings. The van der Waals surface area contributed by atoms with Crippen molar-refractivity contribution in [3.05, 3.63) is 135 Å². The number of rotatable bonds is 21. The third-order valence-corrected chi connectivity index (χ3v) is 13.9.